The molecule has 0 aliphatic rings. The topological polar surface area (TPSA) is 78.1 Å². The molecule has 0 saturated carbocycles. The van der Waals surface area contributed by atoms with E-state index >= 15 is 0 Å². The number of nitrogens with zero attached hydrogens (tertiary/aromatic N) is 2. The zero-order valence-electron chi connectivity index (χ0n) is 17.9. The summed E-state index contributed by atoms with van der Waals surface area (Å²) in [6.07, 6.45) is -2.47. The number of amides is 2. The second-order valence-corrected chi connectivity index (χ2v) is 7.46. The lowest BCUT2D eigenvalue weighted by atomic mass is 10.1. The van der Waals surface area contributed by atoms with Crippen LogP contribution in [0.3, 0.4) is 0 Å². The molecule has 1 aromatic heterocycles. The Morgan fingerprint density at radius 1 is 1.03 bits per heavy atom. The number of carbonyl (C=O) groups excluding carboxylic acids is 2. The number of aromatic nitrogens is 2. The predicted octanol–water partition coefficient (Wildman–Crippen LogP) is 5.35. The van der Waals surface area contributed by atoms with Crippen molar-refractivity contribution in [2.75, 3.05) is 16.8 Å². The van der Waals surface area contributed by atoms with Crippen molar-refractivity contribution in [2.24, 2.45) is 0 Å². The van der Waals surface area contributed by atoms with E-state index in [9.17, 15) is 18.4 Å². The van der Waals surface area contributed by atoms with Gasteiger partial charge in [-0.25, -0.2) is 13.8 Å². The number of hydrogen-bond donors (Lipinski definition) is 2. The molecule has 1 heterocycles. The third-order valence-corrected chi connectivity index (χ3v) is 5.22. The van der Waals surface area contributed by atoms with Gasteiger partial charge in [-0.1, -0.05) is 30.3 Å². The molecular weight excluding hydrogens is 426 g/mol. The van der Waals surface area contributed by atoms with Gasteiger partial charge in [0.05, 0.1) is 17.5 Å². The number of imidazole rings is 1. The molecule has 0 radical (unpaired) electrons. The fourth-order valence-corrected chi connectivity index (χ4v) is 3.56. The van der Waals surface area contributed by atoms with Gasteiger partial charge in [0, 0.05) is 23.5 Å². The number of anilines is 2. The Labute approximate surface area is 189 Å². The smallest absolute Gasteiger partial charge is 0.295 e. The summed E-state index contributed by atoms with van der Waals surface area (Å²) in [5.74, 6) is -0.826. The molecule has 3 aromatic carbocycles. The van der Waals surface area contributed by atoms with Crippen molar-refractivity contribution in [2.45, 2.75) is 19.8 Å². The summed E-state index contributed by atoms with van der Waals surface area (Å²) in [6.45, 7) is 2.49. The molecule has 6 nitrogen and oxygen atoms in total. The lowest BCUT2D eigenvalue weighted by molar-refractivity contribution is -0.117. The second kappa shape index (κ2) is 9.60. The van der Waals surface area contributed by atoms with Crippen molar-refractivity contribution in [1.29, 1.82) is 0 Å². The first-order valence-electron chi connectivity index (χ1n) is 10.5. The molecule has 0 atom stereocenters. The third kappa shape index (κ3) is 5.06. The summed E-state index contributed by atoms with van der Waals surface area (Å²) in [6, 6.07) is 21.1. The van der Waals surface area contributed by atoms with E-state index < -0.39 is 12.2 Å². The first-order valence-corrected chi connectivity index (χ1v) is 10.5. The zero-order valence-corrected chi connectivity index (χ0v) is 17.9. The molecule has 0 saturated heterocycles. The average molecular weight is 448 g/mol. The fourth-order valence-electron chi connectivity index (χ4n) is 3.56. The molecule has 0 fully saturated rings. The zero-order chi connectivity index (χ0) is 23.4. The van der Waals surface area contributed by atoms with Gasteiger partial charge in [-0.05, 0) is 55.0 Å². The number of hydrogen-bond acceptors (Lipinski definition) is 3. The van der Waals surface area contributed by atoms with Gasteiger partial charge < -0.3 is 15.2 Å². The number of alkyl halides is 2. The molecule has 4 aromatic rings. The molecule has 0 spiro atoms. The van der Waals surface area contributed by atoms with Crippen LogP contribution in [0.2, 0.25) is 0 Å². The van der Waals surface area contributed by atoms with Crippen molar-refractivity contribution in [1.82, 2.24) is 9.97 Å². The van der Waals surface area contributed by atoms with E-state index in [2.05, 4.69) is 15.3 Å². The van der Waals surface area contributed by atoms with E-state index in [1.165, 1.54) is 18.2 Å². The number of aromatic amines is 1. The maximum atomic E-state index is 12.8. The van der Waals surface area contributed by atoms with E-state index in [1.54, 1.807) is 29.2 Å². The number of fused-ring (bicyclic) bond motifs is 1. The summed E-state index contributed by atoms with van der Waals surface area (Å²) in [5, 5.41) is 2.78. The Hall–Kier alpha value is -4.07. The van der Waals surface area contributed by atoms with Gasteiger partial charge in [0.25, 0.3) is 12.3 Å². The van der Waals surface area contributed by atoms with Gasteiger partial charge >= 0.3 is 0 Å². The highest BCUT2D eigenvalue weighted by atomic mass is 19.3. The molecular formula is C25H22F2N4O2. The standard InChI is InChI=1S/C25H22F2N4O2/c1-2-31(19-6-4-3-5-7-19)22(32)14-16-8-11-18(12-9-16)28-25(33)17-10-13-20-21(15-17)30-24(29-20)23(26)27/h3-13,15,23H,2,14H2,1H3,(H,28,33)(H,29,30). The monoisotopic (exact) mass is 448 g/mol. The molecule has 168 valence electrons. The van der Waals surface area contributed by atoms with E-state index in [1.807, 2.05) is 37.3 Å². The maximum Gasteiger partial charge on any atom is 0.295 e. The Morgan fingerprint density at radius 3 is 2.42 bits per heavy atom. The molecule has 0 bridgehead atoms. The molecule has 0 aliphatic heterocycles. The first kappa shape index (κ1) is 22.1. The molecule has 0 aliphatic carbocycles. The highest BCUT2D eigenvalue weighted by Gasteiger charge is 2.16. The summed E-state index contributed by atoms with van der Waals surface area (Å²) in [5.41, 5.74) is 3.28. The minimum absolute atomic E-state index is 0.0171. The quantitative estimate of drug-likeness (QED) is 0.400. The van der Waals surface area contributed by atoms with E-state index in [4.69, 9.17) is 0 Å². The lowest BCUT2D eigenvalue weighted by Crippen LogP contribution is -2.31. The van der Waals surface area contributed by atoms with Gasteiger partial charge in [0.1, 0.15) is 0 Å². The minimum atomic E-state index is -2.71. The van der Waals surface area contributed by atoms with Gasteiger partial charge in [-0.3, -0.25) is 9.59 Å². The molecule has 8 heteroatoms. The van der Waals surface area contributed by atoms with Crippen molar-refractivity contribution in [3.63, 3.8) is 0 Å². The highest BCUT2D eigenvalue weighted by Crippen LogP contribution is 2.21. The predicted molar refractivity (Wildman–Crippen MR) is 124 cm³/mol. The Morgan fingerprint density at radius 2 is 1.76 bits per heavy atom. The summed E-state index contributed by atoms with van der Waals surface area (Å²) in [4.78, 5) is 33.4. The number of nitrogens with one attached hydrogen (secondary N) is 2. The van der Waals surface area contributed by atoms with E-state index in [0.717, 1.165) is 11.3 Å². The number of likely N-dealkylation sites (N-methyl/N-ethyl adjacent to an activating group) is 1. The summed E-state index contributed by atoms with van der Waals surface area (Å²) < 4.78 is 25.6. The van der Waals surface area contributed by atoms with Crippen LogP contribution in [-0.2, 0) is 11.2 Å². The van der Waals surface area contributed by atoms with Crippen molar-refractivity contribution < 1.29 is 18.4 Å². The number of H-pyrrole nitrogens is 1. The maximum absolute atomic E-state index is 12.8. The normalized spacial score (nSPS) is 11.0. The van der Waals surface area contributed by atoms with Gasteiger partial charge in [0.2, 0.25) is 5.91 Å². The Balaban J connectivity index is 1.41. The van der Waals surface area contributed by atoms with Crippen LogP contribution in [0.25, 0.3) is 11.0 Å². The van der Waals surface area contributed by atoms with Crippen LogP contribution in [0.4, 0.5) is 20.2 Å². The molecule has 33 heavy (non-hydrogen) atoms. The lowest BCUT2D eigenvalue weighted by Gasteiger charge is -2.21. The van der Waals surface area contributed by atoms with Crippen molar-refractivity contribution in [3.05, 3.63) is 89.7 Å². The Bertz CT molecular complexity index is 1270. The van der Waals surface area contributed by atoms with Crippen LogP contribution in [0.1, 0.15) is 35.1 Å². The first-order chi connectivity index (χ1) is 15.9. The SMILES string of the molecule is CCN(C(=O)Cc1ccc(NC(=O)c2ccc3nc(C(F)F)[nH]c3c2)cc1)c1ccccc1. The number of rotatable bonds is 7. The molecule has 0 unspecified atom stereocenters. The third-order valence-electron chi connectivity index (χ3n) is 5.22. The van der Waals surface area contributed by atoms with Crippen molar-refractivity contribution in [3.8, 4) is 0 Å². The number of carbonyl (C=O) groups is 2. The van der Waals surface area contributed by atoms with Gasteiger partial charge in [0.15, 0.2) is 5.82 Å². The fraction of sp³-hybridized carbons (Fsp3) is 0.160. The largest absolute Gasteiger partial charge is 0.337 e. The minimum Gasteiger partial charge on any atom is -0.337 e. The second-order valence-electron chi connectivity index (χ2n) is 7.46. The van der Waals surface area contributed by atoms with Crippen LogP contribution in [-0.4, -0.2) is 28.3 Å². The van der Waals surface area contributed by atoms with Gasteiger partial charge in [-0.15, -0.1) is 0 Å². The van der Waals surface area contributed by atoms with Gasteiger partial charge in [-0.2, -0.15) is 0 Å². The highest BCUT2D eigenvalue weighted by molar-refractivity contribution is 6.06. The average Bonchev–Trinajstić information content (AvgIpc) is 3.25. The van der Waals surface area contributed by atoms with Crippen molar-refractivity contribution >= 4 is 34.2 Å². The number of benzene rings is 3. The summed E-state index contributed by atoms with van der Waals surface area (Å²) in [7, 11) is 0. The van der Waals surface area contributed by atoms with Crippen LogP contribution >= 0.6 is 0 Å². The van der Waals surface area contributed by atoms with Crippen LogP contribution in [0.5, 0.6) is 0 Å². The van der Waals surface area contributed by atoms with E-state index in [0.29, 0.717) is 28.8 Å². The van der Waals surface area contributed by atoms with Crippen LogP contribution in [0, 0.1) is 0 Å². The number of para-hydroxylation sites is 1. The summed E-state index contributed by atoms with van der Waals surface area (Å²) >= 11 is 0. The number of halogens is 2. The van der Waals surface area contributed by atoms with Crippen LogP contribution < -0.4 is 10.2 Å². The Kier molecular flexibility index (Phi) is 6.44. The van der Waals surface area contributed by atoms with E-state index in [-0.39, 0.29) is 18.2 Å². The molecule has 2 amide bonds. The van der Waals surface area contributed by atoms with Crippen LogP contribution in [0.15, 0.2) is 72.8 Å². The molecule has 4 rings (SSSR count). The molecule has 2 N–H and O–H groups in total.